The van der Waals surface area contributed by atoms with Crippen molar-refractivity contribution in [3.63, 3.8) is 0 Å². The predicted octanol–water partition coefficient (Wildman–Crippen LogP) is 9.36. The summed E-state index contributed by atoms with van der Waals surface area (Å²) in [4.78, 5) is 2.07. The van der Waals surface area contributed by atoms with Crippen molar-refractivity contribution in [1.29, 1.82) is 0 Å². The summed E-state index contributed by atoms with van der Waals surface area (Å²) in [5, 5.41) is -0.824. The minimum atomic E-state index is -2.72. The van der Waals surface area contributed by atoms with Gasteiger partial charge in [-0.05, 0) is 29.7 Å². The third-order valence-corrected chi connectivity index (χ3v) is 6.55. The second kappa shape index (κ2) is 9.98. The smallest absolute Gasteiger partial charge is 0.200 e. The lowest BCUT2D eigenvalue weighted by Crippen LogP contribution is -2.09. The van der Waals surface area contributed by atoms with E-state index in [0.29, 0.717) is 13.0 Å². The summed E-state index contributed by atoms with van der Waals surface area (Å²) in [6.07, 6.45) is 1.95. The van der Waals surface area contributed by atoms with Crippen molar-refractivity contribution in [1.82, 2.24) is 4.98 Å². The van der Waals surface area contributed by atoms with E-state index < -0.39 is 137 Å². The van der Waals surface area contributed by atoms with Gasteiger partial charge < -0.3 is 4.98 Å². The van der Waals surface area contributed by atoms with Gasteiger partial charge >= 0.3 is 0 Å². The van der Waals surface area contributed by atoms with Crippen LogP contribution in [0.2, 0.25) is 0 Å². The summed E-state index contributed by atoms with van der Waals surface area (Å²) in [5.74, 6) is -38.9. The van der Waals surface area contributed by atoms with E-state index in [1.54, 1.807) is 0 Å². The first kappa shape index (κ1) is 29.8. The Hall–Kier alpha value is -4.63. The molecule has 0 amide bonds. The molecule has 1 radical (unpaired) electrons. The van der Waals surface area contributed by atoms with E-state index in [4.69, 9.17) is 0 Å². The molecule has 0 atom stereocenters. The van der Waals surface area contributed by atoms with E-state index >= 15 is 8.78 Å². The van der Waals surface area contributed by atoms with E-state index in [1.807, 2.05) is 6.20 Å². The van der Waals surface area contributed by atoms with Crippen LogP contribution >= 0.6 is 0 Å². The third kappa shape index (κ3) is 3.98. The first-order valence-electron chi connectivity index (χ1n) is 11.2. The fraction of sp³-hybridized carbons (Fsp3) is 0.0370. The molecule has 1 N–H and O–H groups in total. The van der Waals surface area contributed by atoms with Gasteiger partial charge in [-0.1, -0.05) is 0 Å². The zero-order chi connectivity index (χ0) is 32.0. The number of benzene rings is 4. The SMILES string of the molecule is Cc1c(-c2c(F)c(F)c(F)c(F)c2F)c(-c2c(F)c(F)c(F)c(F)c2F)cc2[nH][c]c(-c3c(F)c(F)c(F)c(F)c3F)c12. The zero-order valence-electron chi connectivity index (χ0n) is 20.2. The Morgan fingerprint density at radius 3 is 1.14 bits per heavy atom. The molecule has 5 aromatic rings. The number of H-pyrrole nitrogens is 1. The van der Waals surface area contributed by atoms with E-state index in [9.17, 15) is 57.1 Å². The number of halogens is 15. The Bertz CT molecular complexity index is 1960. The Balaban J connectivity index is 2.05. The number of hydrogen-bond acceptors (Lipinski definition) is 0. The Kier molecular flexibility index (Phi) is 6.93. The molecule has 0 fully saturated rings. The lowest BCUT2D eigenvalue weighted by Gasteiger charge is -2.19. The van der Waals surface area contributed by atoms with Gasteiger partial charge in [0.05, 0.1) is 22.9 Å². The highest BCUT2D eigenvalue weighted by Crippen LogP contribution is 2.47. The van der Waals surface area contributed by atoms with Crippen LogP contribution in [-0.4, -0.2) is 4.98 Å². The highest BCUT2D eigenvalue weighted by Gasteiger charge is 2.35. The molecule has 5 rings (SSSR count). The molecular formula is C27H5F15N. The molecule has 43 heavy (non-hydrogen) atoms. The molecule has 16 heteroatoms. The minimum absolute atomic E-state index is 0.319. The predicted molar refractivity (Wildman–Crippen MR) is 118 cm³/mol. The molecule has 0 saturated heterocycles. The Labute approximate surface area is 227 Å². The standard InChI is InChI=1S/C27H5F15N/c1-4-8-6(11-15(30)21(36)26(41)22(37)16(11)31)3-43-7(8)2-5(10-13(28)19(34)25(40)20(35)14(10)29)9(4)12-17(32)23(38)27(42)24(39)18(12)33/h2,43H,1H3. The van der Waals surface area contributed by atoms with Crippen molar-refractivity contribution < 1.29 is 65.9 Å². The fourth-order valence-electron chi connectivity index (χ4n) is 4.63. The number of aromatic amines is 1. The summed E-state index contributed by atoms with van der Waals surface area (Å²) in [7, 11) is 0. The van der Waals surface area contributed by atoms with Crippen molar-refractivity contribution in [2.24, 2.45) is 0 Å². The van der Waals surface area contributed by atoms with Crippen molar-refractivity contribution in [2.75, 3.05) is 0 Å². The molecule has 0 spiro atoms. The summed E-state index contributed by atoms with van der Waals surface area (Å²) in [6.45, 7) is 0.669. The van der Waals surface area contributed by atoms with E-state index in [0.717, 1.165) is 0 Å². The maximum absolute atomic E-state index is 15.0. The van der Waals surface area contributed by atoms with Crippen LogP contribution in [0.15, 0.2) is 6.07 Å². The van der Waals surface area contributed by atoms with Gasteiger partial charge in [0.1, 0.15) is 0 Å². The second-order valence-corrected chi connectivity index (χ2v) is 8.81. The number of aromatic nitrogens is 1. The van der Waals surface area contributed by atoms with E-state index in [2.05, 4.69) is 4.98 Å². The van der Waals surface area contributed by atoms with Gasteiger partial charge in [0, 0.05) is 16.5 Å². The number of aryl methyl sites for hydroxylation is 1. The lowest BCUT2D eigenvalue weighted by molar-refractivity contribution is 0.380. The molecule has 4 aromatic carbocycles. The van der Waals surface area contributed by atoms with Crippen molar-refractivity contribution in [2.45, 2.75) is 6.92 Å². The molecule has 1 aromatic heterocycles. The summed E-state index contributed by atoms with van der Waals surface area (Å²) in [5.41, 5.74) is -11.3. The molecule has 0 saturated carbocycles. The van der Waals surface area contributed by atoms with Crippen LogP contribution in [0.3, 0.4) is 0 Å². The molecule has 0 bridgehead atoms. The van der Waals surface area contributed by atoms with Gasteiger partial charge in [0.15, 0.2) is 69.8 Å². The van der Waals surface area contributed by atoms with Crippen LogP contribution < -0.4 is 0 Å². The molecular weight excluding hydrogens is 623 g/mol. The number of hydrogen-bond donors (Lipinski definition) is 1. The Morgan fingerprint density at radius 1 is 0.419 bits per heavy atom. The van der Waals surface area contributed by atoms with Gasteiger partial charge in [-0.3, -0.25) is 0 Å². The summed E-state index contributed by atoms with van der Waals surface area (Å²) >= 11 is 0. The normalized spacial score (nSPS) is 11.7. The van der Waals surface area contributed by atoms with Crippen molar-refractivity contribution in [3.8, 4) is 33.4 Å². The quantitative estimate of drug-likeness (QED) is 0.117. The Morgan fingerprint density at radius 2 is 0.744 bits per heavy atom. The summed E-state index contributed by atoms with van der Waals surface area (Å²) in [6, 6.07) is 0.319. The van der Waals surface area contributed by atoms with Crippen LogP contribution in [0.25, 0.3) is 44.3 Å². The molecule has 0 aliphatic carbocycles. The van der Waals surface area contributed by atoms with E-state index in [-0.39, 0.29) is 0 Å². The highest BCUT2D eigenvalue weighted by molar-refractivity contribution is 6.06. The monoisotopic (exact) mass is 628 g/mol. The van der Waals surface area contributed by atoms with Crippen molar-refractivity contribution in [3.05, 3.63) is 105 Å². The van der Waals surface area contributed by atoms with Crippen LogP contribution in [-0.2, 0) is 0 Å². The molecule has 1 nitrogen and oxygen atoms in total. The largest absolute Gasteiger partial charge is 0.353 e. The molecule has 0 unspecified atom stereocenters. The van der Waals surface area contributed by atoms with Gasteiger partial charge in [-0.2, -0.15) is 0 Å². The van der Waals surface area contributed by atoms with Crippen LogP contribution in [0.4, 0.5) is 65.9 Å². The van der Waals surface area contributed by atoms with Gasteiger partial charge in [0.25, 0.3) is 0 Å². The molecule has 0 aliphatic heterocycles. The van der Waals surface area contributed by atoms with Crippen LogP contribution in [0.5, 0.6) is 0 Å². The van der Waals surface area contributed by atoms with Crippen LogP contribution in [0.1, 0.15) is 5.56 Å². The topological polar surface area (TPSA) is 15.8 Å². The number of nitrogens with one attached hydrogen (secondary N) is 1. The average Bonchev–Trinajstić information content (AvgIpc) is 3.40. The minimum Gasteiger partial charge on any atom is -0.353 e. The number of fused-ring (bicyclic) bond motifs is 1. The second-order valence-electron chi connectivity index (χ2n) is 8.81. The highest BCUT2D eigenvalue weighted by atomic mass is 19.2. The van der Waals surface area contributed by atoms with Gasteiger partial charge in [-0.15, -0.1) is 0 Å². The maximum Gasteiger partial charge on any atom is 0.200 e. The average molecular weight is 628 g/mol. The van der Waals surface area contributed by atoms with Crippen molar-refractivity contribution >= 4 is 10.9 Å². The lowest BCUT2D eigenvalue weighted by atomic mass is 9.86. The molecule has 1 heterocycles. The molecule has 223 valence electrons. The zero-order valence-corrected chi connectivity index (χ0v) is 20.2. The first-order valence-corrected chi connectivity index (χ1v) is 11.2. The molecule has 0 aliphatic rings. The van der Waals surface area contributed by atoms with Gasteiger partial charge in [0.2, 0.25) is 17.5 Å². The van der Waals surface area contributed by atoms with E-state index in [1.165, 1.54) is 0 Å². The third-order valence-electron chi connectivity index (χ3n) is 6.55. The first-order chi connectivity index (χ1) is 20.0. The van der Waals surface area contributed by atoms with Gasteiger partial charge in [-0.25, -0.2) is 65.9 Å². The maximum atomic E-state index is 15.0. The van der Waals surface area contributed by atoms with Crippen LogP contribution in [0, 0.1) is 100 Å². The summed E-state index contributed by atoms with van der Waals surface area (Å²) < 4.78 is 215. The fourth-order valence-corrected chi connectivity index (χ4v) is 4.63. The number of rotatable bonds is 3.